The van der Waals surface area contributed by atoms with Gasteiger partial charge in [-0.05, 0) is 31.5 Å². The van der Waals surface area contributed by atoms with Crippen LogP contribution in [0.4, 0.5) is 0 Å². The molecule has 17 heavy (non-hydrogen) atoms. The molecule has 0 spiro atoms. The van der Waals surface area contributed by atoms with E-state index in [1.54, 1.807) is 32.0 Å². The van der Waals surface area contributed by atoms with Crippen LogP contribution < -0.4 is 4.74 Å². The molecule has 0 amide bonds. The van der Waals surface area contributed by atoms with Gasteiger partial charge in [0.25, 0.3) is 0 Å². The summed E-state index contributed by atoms with van der Waals surface area (Å²) >= 11 is 0. The van der Waals surface area contributed by atoms with Gasteiger partial charge < -0.3 is 4.74 Å². The van der Waals surface area contributed by atoms with Crippen LogP contribution in [0.3, 0.4) is 0 Å². The number of rotatable bonds is 4. The van der Waals surface area contributed by atoms with Crippen LogP contribution in [-0.2, 0) is 15.6 Å². The SMILES string of the molecule is COc1cc(CS(=O)(=O)C(C)C)ccc1C#N. The molecule has 0 heterocycles. The molecule has 4 nitrogen and oxygen atoms in total. The molecule has 0 aliphatic rings. The molecule has 0 radical (unpaired) electrons. The highest BCUT2D eigenvalue weighted by Gasteiger charge is 2.17. The number of benzene rings is 1. The summed E-state index contributed by atoms with van der Waals surface area (Å²) in [5.74, 6) is 0.371. The van der Waals surface area contributed by atoms with E-state index >= 15 is 0 Å². The highest BCUT2D eigenvalue weighted by molar-refractivity contribution is 7.91. The minimum absolute atomic E-state index is 0.0350. The first-order valence-electron chi connectivity index (χ1n) is 5.19. The van der Waals surface area contributed by atoms with Crippen molar-refractivity contribution in [3.8, 4) is 11.8 Å². The lowest BCUT2D eigenvalue weighted by Gasteiger charge is -2.09. The average molecular weight is 253 g/mol. The third kappa shape index (κ3) is 3.21. The second kappa shape index (κ2) is 5.19. The van der Waals surface area contributed by atoms with Crippen molar-refractivity contribution >= 4 is 9.84 Å². The zero-order valence-electron chi connectivity index (χ0n) is 10.1. The number of ether oxygens (including phenoxy) is 1. The van der Waals surface area contributed by atoms with Gasteiger partial charge in [0.1, 0.15) is 11.8 Å². The Hall–Kier alpha value is -1.54. The summed E-state index contributed by atoms with van der Waals surface area (Å²) in [6.45, 7) is 3.30. The Morgan fingerprint density at radius 2 is 2.06 bits per heavy atom. The first-order chi connectivity index (χ1) is 7.90. The van der Waals surface area contributed by atoms with E-state index in [0.29, 0.717) is 16.9 Å². The van der Waals surface area contributed by atoms with Gasteiger partial charge in [0.2, 0.25) is 0 Å². The molecule has 1 aromatic carbocycles. The number of hydrogen-bond acceptors (Lipinski definition) is 4. The zero-order valence-corrected chi connectivity index (χ0v) is 10.9. The number of sulfone groups is 1. The molecule has 0 atom stereocenters. The topological polar surface area (TPSA) is 67.2 Å². The minimum atomic E-state index is -3.13. The second-order valence-corrected chi connectivity index (χ2v) is 6.56. The standard InChI is InChI=1S/C12H15NO3S/c1-9(2)17(14,15)8-10-4-5-11(7-13)12(6-10)16-3/h4-6,9H,8H2,1-3H3. The molecule has 92 valence electrons. The quantitative estimate of drug-likeness (QED) is 0.821. The maximum Gasteiger partial charge on any atom is 0.156 e. The van der Waals surface area contributed by atoms with Crippen molar-refractivity contribution in [2.45, 2.75) is 24.9 Å². The van der Waals surface area contributed by atoms with Crippen molar-refractivity contribution in [2.75, 3.05) is 7.11 Å². The zero-order chi connectivity index (χ0) is 13.1. The van der Waals surface area contributed by atoms with Gasteiger partial charge in [0, 0.05) is 0 Å². The monoisotopic (exact) mass is 253 g/mol. The maximum absolute atomic E-state index is 11.7. The molecule has 0 aromatic heterocycles. The fraction of sp³-hybridized carbons (Fsp3) is 0.417. The molecule has 0 aliphatic carbocycles. The van der Waals surface area contributed by atoms with Crippen molar-refractivity contribution in [3.05, 3.63) is 29.3 Å². The molecule has 0 unspecified atom stereocenters. The minimum Gasteiger partial charge on any atom is -0.495 e. The van der Waals surface area contributed by atoms with Gasteiger partial charge in [0.05, 0.1) is 23.7 Å². The fourth-order valence-electron chi connectivity index (χ4n) is 1.32. The number of methoxy groups -OCH3 is 1. The van der Waals surface area contributed by atoms with Crippen LogP contribution in [0.5, 0.6) is 5.75 Å². The van der Waals surface area contributed by atoms with E-state index in [1.807, 2.05) is 6.07 Å². The Balaban J connectivity index is 3.07. The van der Waals surface area contributed by atoms with E-state index in [4.69, 9.17) is 10.00 Å². The third-order valence-corrected chi connectivity index (χ3v) is 4.64. The highest BCUT2D eigenvalue weighted by Crippen LogP contribution is 2.21. The summed E-state index contributed by atoms with van der Waals surface area (Å²) in [5.41, 5.74) is 1.03. The van der Waals surface area contributed by atoms with Crippen molar-refractivity contribution in [1.82, 2.24) is 0 Å². The average Bonchev–Trinajstić information content (AvgIpc) is 2.28. The molecule has 0 bridgehead atoms. The first kappa shape index (κ1) is 13.5. The van der Waals surface area contributed by atoms with E-state index in [0.717, 1.165) is 0 Å². The molecule has 0 saturated heterocycles. The third-order valence-electron chi connectivity index (χ3n) is 2.47. The van der Waals surface area contributed by atoms with Crippen molar-refractivity contribution in [1.29, 1.82) is 5.26 Å². The first-order valence-corrected chi connectivity index (χ1v) is 6.91. The molecule has 5 heteroatoms. The van der Waals surface area contributed by atoms with Gasteiger partial charge in [-0.2, -0.15) is 5.26 Å². The molecule has 0 saturated carbocycles. The summed E-state index contributed by atoms with van der Waals surface area (Å²) in [4.78, 5) is 0. The summed E-state index contributed by atoms with van der Waals surface area (Å²) in [5, 5.41) is 8.40. The largest absolute Gasteiger partial charge is 0.495 e. The van der Waals surface area contributed by atoms with Gasteiger partial charge in [0.15, 0.2) is 9.84 Å². The Morgan fingerprint density at radius 1 is 1.41 bits per heavy atom. The van der Waals surface area contributed by atoms with Gasteiger partial charge in [-0.3, -0.25) is 0 Å². The Morgan fingerprint density at radius 3 is 2.53 bits per heavy atom. The van der Waals surface area contributed by atoms with E-state index in [1.165, 1.54) is 7.11 Å². The summed E-state index contributed by atoms with van der Waals surface area (Å²) in [6.07, 6.45) is 0. The number of nitriles is 1. The lowest BCUT2D eigenvalue weighted by atomic mass is 10.1. The van der Waals surface area contributed by atoms with Crippen molar-refractivity contribution < 1.29 is 13.2 Å². The fourth-order valence-corrected chi connectivity index (χ4v) is 2.29. The van der Waals surface area contributed by atoms with Crippen LogP contribution in [0.2, 0.25) is 0 Å². The lowest BCUT2D eigenvalue weighted by Crippen LogP contribution is -2.16. The number of nitrogens with zero attached hydrogens (tertiary/aromatic N) is 1. The van der Waals surface area contributed by atoms with E-state index < -0.39 is 15.1 Å². The molecular formula is C12H15NO3S. The van der Waals surface area contributed by atoms with Gasteiger partial charge in [-0.15, -0.1) is 0 Å². The molecular weight excluding hydrogens is 238 g/mol. The van der Waals surface area contributed by atoms with Crippen LogP contribution >= 0.6 is 0 Å². The molecule has 0 N–H and O–H groups in total. The molecule has 0 aliphatic heterocycles. The predicted octanol–water partition coefficient (Wildman–Crippen LogP) is 1.89. The van der Waals surface area contributed by atoms with Gasteiger partial charge >= 0.3 is 0 Å². The number of hydrogen-bond donors (Lipinski definition) is 0. The Bertz CT molecular complexity index is 541. The summed E-state index contributed by atoms with van der Waals surface area (Å²) < 4.78 is 28.5. The van der Waals surface area contributed by atoms with Crippen molar-refractivity contribution in [2.24, 2.45) is 0 Å². The Labute approximate surface area is 102 Å². The van der Waals surface area contributed by atoms with E-state index in [2.05, 4.69) is 0 Å². The van der Waals surface area contributed by atoms with Crippen LogP contribution in [0.25, 0.3) is 0 Å². The normalized spacial score (nSPS) is 11.2. The highest BCUT2D eigenvalue weighted by atomic mass is 32.2. The van der Waals surface area contributed by atoms with Crippen molar-refractivity contribution in [3.63, 3.8) is 0 Å². The summed E-state index contributed by atoms with van der Waals surface area (Å²) in [6, 6.07) is 6.79. The lowest BCUT2D eigenvalue weighted by molar-refractivity contribution is 0.413. The Kier molecular flexibility index (Phi) is 4.13. The van der Waals surface area contributed by atoms with Crippen LogP contribution in [0.1, 0.15) is 25.0 Å². The molecule has 0 fully saturated rings. The van der Waals surface area contributed by atoms with E-state index in [-0.39, 0.29) is 5.75 Å². The molecule has 1 rings (SSSR count). The second-order valence-electron chi connectivity index (χ2n) is 4.00. The van der Waals surface area contributed by atoms with Crippen LogP contribution in [0.15, 0.2) is 18.2 Å². The predicted molar refractivity (Wildman–Crippen MR) is 65.5 cm³/mol. The maximum atomic E-state index is 11.7. The van der Waals surface area contributed by atoms with Gasteiger partial charge in [-0.25, -0.2) is 8.42 Å². The summed E-state index contributed by atoms with van der Waals surface area (Å²) in [7, 11) is -1.68. The molecule has 1 aromatic rings. The van der Waals surface area contributed by atoms with Crippen LogP contribution in [-0.4, -0.2) is 20.8 Å². The van der Waals surface area contributed by atoms with Crippen LogP contribution in [0, 0.1) is 11.3 Å². The van der Waals surface area contributed by atoms with Gasteiger partial charge in [-0.1, -0.05) is 6.07 Å². The van der Waals surface area contributed by atoms with E-state index in [9.17, 15) is 8.42 Å². The smallest absolute Gasteiger partial charge is 0.156 e.